The molecule has 0 saturated carbocycles. The lowest BCUT2D eigenvalue weighted by Gasteiger charge is -2.36. The molecule has 57 heavy (non-hydrogen) atoms. The fourth-order valence-corrected chi connectivity index (χ4v) is 7.22. The summed E-state index contributed by atoms with van der Waals surface area (Å²) in [7, 11) is 0. The molecule has 14 nitrogen and oxygen atoms in total. The van der Waals surface area contributed by atoms with Crippen LogP contribution >= 0.6 is 11.8 Å². The normalized spacial score (nSPS) is 12.9. The lowest BCUT2D eigenvalue weighted by atomic mass is 9.84. The Labute approximate surface area is 338 Å². The van der Waals surface area contributed by atoms with Gasteiger partial charge in [-0.1, -0.05) is 105 Å². The maximum Gasteiger partial charge on any atom is 0.408 e. The van der Waals surface area contributed by atoms with Crippen LogP contribution in [0.2, 0.25) is 0 Å². The fourth-order valence-electron chi connectivity index (χ4n) is 5.72. The second-order valence-corrected chi connectivity index (χ2v) is 16.0. The molecule has 15 heteroatoms. The van der Waals surface area contributed by atoms with Crippen LogP contribution in [0.1, 0.15) is 64.7 Å². The van der Waals surface area contributed by atoms with Gasteiger partial charge in [0.05, 0.1) is 30.4 Å². The van der Waals surface area contributed by atoms with Gasteiger partial charge < -0.3 is 41.4 Å². The summed E-state index contributed by atoms with van der Waals surface area (Å²) < 4.78 is 4.52. The summed E-state index contributed by atoms with van der Waals surface area (Å²) in [5, 5.41) is 14.9. The SMILES string of the molecule is CC(C)CC(NC(=O)OC(C)(C)C)C(=O)NCC(=O)NCC(=O)NC(C)C(=O)NCC(=O)NC(C=O)CSC(c1ccccc1)(c1ccccc1)c1ccccc1. The summed E-state index contributed by atoms with van der Waals surface area (Å²) in [5.74, 6) is -2.97. The van der Waals surface area contributed by atoms with Crippen molar-refractivity contribution in [3.63, 3.8) is 0 Å². The van der Waals surface area contributed by atoms with Gasteiger partial charge in [-0.3, -0.25) is 24.0 Å². The molecule has 0 spiro atoms. The third-order valence-corrected chi connectivity index (χ3v) is 9.97. The first-order valence-electron chi connectivity index (χ1n) is 18.7. The number of nitrogens with one attached hydrogen (secondary N) is 6. The van der Waals surface area contributed by atoms with E-state index in [2.05, 4.69) is 31.9 Å². The molecule has 0 aliphatic rings. The quantitative estimate of drug-likeness (QED) is 0.0734. The van der Waals surface area contributed by atoms with Gasteiger partial charge in [0, 0.05) is 5.75 Å². The maximum atomic E-state index is 12.9. The number of hydrogen-bond acceptors (Lipinski definition) is 9. The Hall–Kier alpha value is -5.70. The van der Waals surface area contributed by atoms with Gasteiger partial charge in [0.1, 0.15) is 24.0 Å². The number of amides is 6. The van der Waals surface area contributed by atoms with Gasteiger partial charge in [-0.15, -0.1) is 11.8 Å². The van der Waals surface area contributed by atoms with E-state index in [9.17, 15) is 33.6 Å². The Kier molecular flexibility index (Phi) is 17.8. The molecule has 3 atom stereocenters. The smallest absolute Gasteiger partial charge is 0.408 e. The van der Waals surface area contributed by atoms with E-state index in [1.807, 2.05) is 105 Å². The first kappa shape index (κ1) is 45.7. The number of thioether (sulfide) groups is 1. The van der Waals surface area contributed by atoms with Crippen molar-refractivity contribution < 1.29 is 38.3 Å². The molecule has 0 fully saturated rings. The summed E-state index contributed by atoms with van der Waals surface area (Å²) >= 11 is 1.51. The van der Waals surface area contributed by atoms with Crippen LogP contribution in [0.5, 0.6) is 0 Å². The van der Waals surface area contributed by atoms with Crippen LogP contribution in [-0.2, 0) is 38.3 Å². The molecule has 3 aromatic rings. The van der Waals surface area contributed by atoms with Gasteiger partial charge in [0.25, 0.3) is 0 Å². The molecule has 306 valence electrons. The molecule has 0 radical (unpaired) electrons. The Morgan fingerprint density at radius 3 is 1.56 bits per heavy atom. The Morgan fingerprint density at radius 2 is 1.09 bits per heavy atom. The highest BCUT2D eigenvalue weighted by molar-refractivity contribution is 8.00. The van der Waals surface area contributed by atoms with Crippen molar-refractivity contribution in [2.45, 2.75) is 76.4 Å². The van der Waals surface area contributed by atoms with Gasteiger partial charge in [-0.05, 0) is 56.7 Å². The van der Waals surface area contributed by atoms with Gasteiger partial charge in [0.2, 0.25) is 29.5 Å². The number of hydrogen-bond donors (Lipinski definition) is 6. The lowest BCUT2D eigenvalue weighted by Crippen LogP contribution is -2.52. The number of alkyl carbamates (subject to hydrolysis) is 1. The van der Waals surface area contributed by atoms with Crippen LogP contribution in [-0.4, -0.2) is 91.0 Å². The van der Waals surface area contributed by atoms with E-state index in [0.29, 0.717) is 12.7 Å². The Morgan fingerprint density at radius 1 is 0.632 bits per heavy atom. The average molecular weight is 803 g/mol. The van der Waals surface area contributed by atoms with Gasteiger partial charge in [0.15, 0.2) is 0 Å². The molecule has 0 aromatic heterocycles. The largest absolute Gasteiger partial charge is 0.444 e. The average Bonchev–Trinajstić information content (AvgIpc) is 3.18. The van der Waals surface area contributed by atoms with E-state index in [1.165, 1.54) is 18.7 Å². The fraction of sp³-hybridized carbons (Fsp3) is 0.405. The molecule has 3 rings (SSSR count). The van der Waals surface area contributed by atoms with Crippen LogP contribution in [0.3, 0.4) is 0 Å². The molecule has 0 aliphatic heterocycles. The van der Waals surface area contributed by atoms with E-state index >= 15 is 0 Å². The number of aldehydes is 1. The molecular weight excluding hydrogens is 749 g/mol. The first-order chi connectivity index (χ1) is 27.0. The van der Waals surface area contributed by atoms with Crippen molar-refractivity contribution >= 4 is 53.7 Å². The standard InChI is InChI=1S/C42H54N6O8S/c1-28(2)22-34(48-40(55)56-41(4,5)6)39(54)45-23-35(50)43-24-36(51)46-29(3)38(53)44-25-37(52)47-33(26-49)27-57-42(30-16-10-7-11-17-30,31-18-12-8-13-19-31)32-20-14-9-15-21-32/h7-21,26,28-29,33-34H,22-25,27H2,1-6H3,(H,43,50)(H,44,53)(H,45,54)(H,46,51)(H,47,52)(H,48,55). The second-order valence-electron chi connectivity index (χ2n) is 14.7. The van der Waals surface area contributed by atoms with Crippen molar-refractivity contribution in [3.05, 3.63) is 108 Å². The molecule has 6 amide bonds. The van der Waals surface area contributed by atoms with E-state index in [1.54, 1.807) is 20.8 Å². The van der Waals surface area contributed by atoms with Crippen molar-refractivity contribution in [1.29, 1.82) is 0 Å². The highest BCUT2D eigenvalue weighted by Crippen LogP contribution is 2.48. The molecule has 3 aromatic carbocycles. The lowest BCUT2D eigenvalue weighted by molar-refractivity contribution is -0.131. The third kappa shape index (κ3) is 15.1. The second kappa shape index (κ2) is 22.1. The summed E-state index contributed by atoms with van der Waals surface area (Å²) in [4.78, 5) is 87.6. The van der Waals surface area contributed by atoms with E-state index in [-0.39, 0.29) is 11.7 Å². The van der Waals surface area contributed by atoms with E-state index in [4.69, 9.17) is 4.74 Å². The maximum absolute atomic E-state index is 12.9. The molecule has 0 bridgehead atoms. The number of carbonyl (C=O) groups excluding carboxylic acids is 7. The van der Waals surface area contributed by atoms with Gasteiger partial charge >= 0.3 is 6.09 Å². The number of ether oxygens (including phenoxy) is 1. The van der Waals surface area contributed by atoms with Crippen molar-refractivity contribution in [2.75, 3.05) is 25.4 Å². The zero-order chi connectivity index (χ0) is 42.0. The van der Waals surface area contributed by atoms with Crippen molar-refractivity contribution in [3.8, 4) is 0 Å². The van der Waals surface area contributed by atoms with Crippen LogP contribution < -0.4 is 31.9 Å². The zero-order valence-electron chi connectivity index (χ0n) is 33.3. The van der Waals surface area contributed by atoms with Gasteiger partial charge in [-0.2, -0.15) is 0 Å². The summed E-state index contributed by atoms with van der Waals surface area (Å²) in [5.41, 5.74) is 2.23. The van der Waals surface area contributed by atoms with E-state index in [0.717, 1.165) is 16.7 Å². The van der Waals surface area contributed by atoms with Crippen LogP contribution in [0.15, 0.2) is 91.0 Å². The van der Waals surface area contributed by atoms with E-state index < -0.39 is 83.7 Å². The first-order valence-corrected chi connectivity index (χ1v) is 19.7. The predicted molar refractivity (Wildman–Crippen MR) is 219 cm³/mol. The molecule has 0 saturated heterocycles. The van der Waals surface area contributed by atoms with Crippen molar-refractivity contribution in [1.82, 2.24) is 31.9 Å². The minimum absolute atomic E-state index is 0.0469. The molecule has 0 aliphatic carbocycles. The highest BCUT2D eigenvalue weighted by atomic mass is 32.2. The van der Waals surface area contributed by atoms with Crippen LogP contribution in [0.4, 0.5) is 4.79 Å². The summed E-state index contributed by atoms with van der Waals surface area (Å²) in [6.45, 7) is 8.82. The number of benzene rings is 3. The molecule has 6 N–H and O–H groups in total. The number of carbonyl (C=O) groups is 7. The van der Waals surface area contributed by atoms with Gasteiger partial charge in [-0.25, -0.2) is 4.79 Å². The minimum atomic E-state index is -1.07. The monoisotopic (exact) mass is 802 g/mol. The zero-order valence-corrected chi connectivity index (χ0v) is 34.1. The Balaban J connectivity index is 1.48. The molecule has 3 unspecified atom stereocenters. The third-order valence-electron chi connectivity index (χ3n) is 8.31. The van der Waals surface area contributed by atoms with Crippen LogP contribution in [0, 0.1) is 5.92 Å². The molecule has 0 heterocycles. The van der Waals surface area contributed by atoms with Crippen LogP contribution in [0.25, 0.3) is 0 Å². The highest BCUT2D eigenvalue weighted by Gasteiger charge is 2.37. The topological polar surface area (TPSA) is 201 Å². The number of rotatable bonds is 20. The summed E-state index contributed by atoms with van der Waals surface area (Å²) in [6.07, 6.45) is 0.189. The Bertz CT molecular complexity index is 1710. The summed E-state index contributed by atoms with van der Waals surface area (Å²) in [6, 6.07) is 26.8. The van der Waals surface area contributed by atoms with Crippen molar-refractivity contribution in [2.24, 2.45) is 5.92 Å². The minimum Gasteiger partial charge on any atom is -0.444 e. The molecular formula is C42H54N6O8S. The predicted octanol–water partition coefficient (Wildman–Crippen LogP) is 3.19.